The number of thiazole rings is 1. The maximum atomic E-state index is 13.6. The minimum absolute atomic E-state index is 0.0352. The average Bonchev–Trinajstić information content (AvgIpc) is 2.92. The van der Waals surface area contributed by atoms with Crippen LogP contribution in [0.5, 0.6) is 0 Å². The number of hydrogen-bond acceptors (Lipinski definition) is 5. The molecule has 1 aliphatic rings. The Morgan fingerprint density at radius 2 is 2.04 bits per heavy atom. The zero-order valence-electron chi connectivity index (χ0n) is 12.0. The Morgan fingerprint density at radius 3 is 2.75 bits per heavy atom. The molecular weight excluding hydrogens is 342 g/mol. The summed E-state index contributed by atoms with van der Waals surface area (Å²) in [4.78, 5) is 39.3. The van der Waals surface area contributed by atoms with Crippen molar-refractivity contribution >= 4 is 34.1 Å². The Bertz CT molecular complexity index is 865. The molecule has 0 bridgehead atoms. The number of anilines is 1. The average molecular weight is 352 g/mol. The van der Waals surface area contributed by atoms with E-state index < -0.39 is 35.0 Å². The van der Waals surface area contributed by atoms with Crippen LogP contribution in [0.15, 0.2) is 18.2 Å². The lowest BCUT2D eigenvalue weighted by atomic mass is 9.90. The summed E-state index contributed by atoms with van der Waals surface area (Å²) < 4.78 is 26.8. The lowest BCUT2D eigenvalue weighted by Crippen LogP contribution is -2.25. The normalized spacial score (nSPS) is 16.6. The summed E-state index contributed by atoms with van der Waals surface area (Å²) in [7, 11) is 0. The Kier molecular flexibility index (Phi) is 4.10. The van der Waals surface area contributed by atoms with E-state index in [2.05, 4.69) is 10.3 Å². The highest BCUT2D eigenvalue weighted by atomic mass is 32.1. The van der Waals surface area contributed by atoms with Gasteiger partial charge in [0.05, 0.1) is 22.1 Å². The SMILES string of the molecule is O=C(Nc1nc2c(s1)C(=O)C[C@@H](C(=O)O)C2)c1cccc(F)c1F. The van der Waals surface area contributed by atoms with E-state index >= 15 is 0 Å². The number of aromatic nitrogens is 1. The van der Waals surface area contributed by atoms with E-state index in [4.69, 9.17) is 5.11 Å². The number of benzene rings is 1. The lowest BCUT2D eigenvalue weighted by Gasteiger charge is -2.15. The Balaban J connectivity index is 1.84. The third-order valence-electron chi connectivity index (χ3n) is 3.59. The first-order chi connectivity index (χ1) is 11.4. The number of carboxylic acids is 1. The largest absolute Gasteiger partial charge is 0.481 e. The molecule has 1 amide bonds. The highest BCUT2D eigenvalue weighted by molar-refractivity contribution is 7.17. The second-order valence-corrected chi connectivity index (χ2v) is 6.22. The third-order valence-corrected chi connectivity index (χ3v) is 4.64. The molecule has 24 heavy (non-hydrogen) atoms. The van der Waals surface area contributed by atoms with Crippen LogP contribution in [0.2, 0.25) is 0 Å². The predicted octanol–water partition coefficient (Wildman–Crippen LogP) is 2.50. The van der Waals surface area contributed by atoms with Gasteiger partial charge in [-0.3, -0.25) is 19.7 Å². The van der Waals surface area contributed by atoms with Gasteiger partial charge >= 0.3 is 5.97 Å². The van der Waals surface area contributed by atoms with Gasteiger partial charge in [-0.05, 0) is 12.1 Å². The fraction of sp³-hybridized carbons (Fsp3) is 0.200. The smallest absolute Gasteiger partial charge is 0.307 e. The van der Waals surface area contributed by atoms with E-state index in [0.29, 0.717) is 5.69 Å². The zero-order chi connectivity index (χ0) is 17.4. The third kappa shape index (κ3) is 2.90. The first kappa shape index (κ1) is 16.2. The predicted molar refractivity (Wildman–Crippen MR) is 80.2 cm³/mol. The van der Waals surface area contributed by atoms with E-state index in [0.717, 1.165) is 23.5 Å². The van der Waals surface area contributed by atoms with Gasteiger partial charge < -0.3 is 5.11 Å². The number of carbonyl (C=O) groups excluding carboxylic acids is 2. The van der Waals surface area contributed by atoms with E-state index in [1.54, 1.807) is 0 Å². The summed E-state index contributed by atoms with van der Waals surface area (Å²) in [5.74, 6) is -5.64. The second-order valence-electron chi connectivity index (χ2n) is 5.22. The number of ketones is 1. The maximum Gasteiger partial charge on any atom is 0.307 e. The van der Waals surface area contributed by atoms with Crippen LogP contribution in [0.1, 0.15) is 32.1 Å². The van der Waals surface area contributed by atoms with Crippen molar-refractivity contribution < 1.29 is 28.3 Å². The van der Waals surface area contributed by atoms with E-state index in [-0.39, 0.29) is 28.6 Å². The molecule has 0 spiro atoms. The van der Waals surface area contributed by atoms with E-state index in [9.17, 15) is 23.2 Å². The van der Waals surface area contributed by atoms with Crippen LogP contribution in [0.25, 0.3) is 0 Å². The topological polar surface area (TPSA) is 96.4 Å². The molecule has 3 rings (SSSR count). The van der Waals surface area contributed by atoms with Gasteiger partial charge in [-0.1, -0.05) is 17.4 Å². The number of aliphatic carboxylic acids is 1. The molecule has 0 fully saturated rings. The molecule has 1 atom stereocenters. The summed E-state index contributed by atoms with van der Waals surface area (Å²) in [6.07, 6.45) is -0.0481. The van der Waals surface area contributed by atoms with Crippen molar-refractivity contribution in [1.29, 1.82) is 0 Å². The van der Waals surface area contributed by atoms with Gasteiger partial charge in [0.2, 0.25) is 0 Å². The molecule has 1 aliphatic carbocycles. The zero-order valence-corrected chi connectivity index (χ0v) is 12.8. The number of amides is 1. The first-order valence-electron chi connectivity index (χ1n) is 6.88. The van der Waals surface area contributed by atoms with E-state index in [1.165, 1.54) is 6.07 Å². The van der Waals surface area contributed by atoms with Crippen LogP contribution < -0.4 is 5.32 Å². The highest BCUT2D eigenvalue weighted by Gasteiger charge is 2.33. The van der Waals surface area contributed by atoms with Crippen molar-refractivity contribution in [2.45, 2.75) is 12.8 Å². The van der Waals surface area contributed by atoms with E-state index in [1.807, 2.05) is 0 Å². The highest BCUT2D eigenvalue weighted by Crippen LogP contribution is 2.32. The van der Waals surface area contributed by atoms with Gasteiger partial charge in [0.15, 0.2) is 22.5 Å². The van der Waals surface area contributed by atoms with Gasteiger partial charge in [-0.25, -0.2) is 13.8 Å². The minimum atomic E-state index is -1.28. The fourth-order valence-electron chi connectivity index (χ4n) is 2.40. The molecule has 2 aromatic rings. The number of halogens is 2. The summed E-state index contributed by atoms with van der Waals surface area (Å²) in [5, 5.41) is 11.4. The molecule has 0 aliphatic heterocycles. The Hall–Kier alpha value is -2.68. The van der Waals surface area contributed by atoms with Gasteiger partial charge in [0.25, 0.3) is 5.91 Å². The van der Waals surface area contributed by atoms with Crippen LogP contribution in [0.4, 0.5) is 13.9 Å². The number of hydrogen-bond donors (Lipinski definition) is 2. The molecule has 6 nitrogen and oxygen atoms in total. The van der Waals surface area contributed by atoms with Gasteiger partial charge in [-0.15, -0.1) is 0 Å². The monoisotopic (exact) mass is 352 g/mol. The minimum Gasteiger partial charge on any atom is -0.481 e. The maximum absolute atomic E-state index is 13.6. The van der Waals surface area contributed by atoms with Crippen LogP contribution in [-0.4, -0.2) is 27.8 Å². The van der Waals surface area contributed by atoms with Crippen molar-refractivity contribution in [3.05, 3.63) is 46.0 Å². The Morgan fingerprint density at radius 1 is 1.29 bits per heavy atom. The summed E-state index contributed by atoms with van der Waals surface area (Å²) in [6, 6.07) is 3.20. The van der Waals surface area contributed by atoms with Gasteiger partial charge in [-0.2, -0.15) is 0 Å². The Labute approximate surface area is 138 Å². The van der Waals surface area contributed by atoms with Crippen LogP contribution in [0.3, 0.4) is 0 Å². The molecule has 2 N–H and O–H groups in total. The summed E-state index contributed by atoms with van der Waals surface area (Å²) >= 11 is 0.889. The molecule has 124 valence electrons. The number of Topliss-reactive ketones (excluding diaryl/α,β-unsaturated/α-hetero) is 1. The van der Waals surface area contributed by atoms with Gasteiger partial charge in [0, 0.05) is 12.8 Å². The lowest BCUT2D eigenvalue weighted by molar-refractivity contribution is -0.141. The molecule has 0 unspecified atom stereocenters. The van der Waals surface area contributed by atoms with Crippen molar-refractivity contribution in [3.63, 3.8) is 0 Å². The van der Waals surface area contributed by atoms with Crippen LogP contribution >= 0.6 is 11.3 Å². The van der Waals surface area contributed by atoms with Crippen molar-refractivity contribution in [1.82, 2.24) is 4.98 Å². The van der Waals surface area contributed by atoms with Crippen molar-refractivity contribution in [2.75, 3.05) is 5.32 Å². The molecule has 0 saturated heterocycles. The number of fused-ring (bicyclic) bond motifs is 1. The standard InChI is InChI=1S/C15H10F2N2O4S/c16-8-3-1-2-7(11(8)17)13(21)19-15-18-9-4-6(14(22)23)5-10(20)12(9)24-15/h1-3,6H,4-5H2,(H,22,23)(H,18,19,21)/t6-/m0/s1. The summed E-state index contributed by atoms with van der Waals surface area (Å²) in [6.45, 7) is 0. The summed E-state index contributed by atoms with van der Waals surface area (Å²) in [5.41, 5.74) is -0.198. The van der Waals surface area contributed by atoms with Crippen LogP contribution in [0, 0.1) is 17.6 Å². The van der Waals surface area contributed by atoms with Crippen molar-refractivity contribution in [3.8, 4) is 0 Å². The van der Waals surface area contributed by atoms with Crippen LogP contribution in [-0.2, 0) is 11.2 Å². The number of rotatable bonds is 3. The quantitative estimate of drug-likeness (QED) is 0.885. The number of carboxylic acid groups (broad SMARTS) is 1. The first-order valence-corrected chi connectivity index (χ1v) is 7.69. The molecule has 9 heteroatoms. The van der Waals surface area contributed by atoms with Crippen molar-refractivity contribution in [2.24, 2.45) is 5.92 Å². The molecule has 1 aromatic heterocycles. The fourth-order valence-corrected chi connectivity index (χ4v) is 3.34. The molecular formula is C15H10F2N2O4S. The second kappa shape index (κ2) is 6.08. The molecule has 0 radical (unpaired) electrons. The molecule has 0 saturated carbocycles. The number of carbonyl (C=O) groups is 3. The molecule has 1 heterocycles. The van der Waals surface area contributed by atoms with Gasteiger partial charge in [0.1, 0.15) is 0 Å². The molecule has 1 aromatic carbocycles. The number of nitrogens with one attached hydrogen (secondary N) is 1. The number of nitrogens with zero attached hydrogens (tertiary/aromatic N) is 1.